The van der Waals surface area contributed by atoms with Crippen molar-refractivity contribution in [2.75, 3.05) is 13.7 Å². The number of rotatable bonds is 2. The minimum Gasteiger partial charge on any atom is -0.380 e. The van der Waals surface area contributed by atoms with Crippen LogP contribution in [-0.2, 0) is 17.2 Å². The van der Waals surface area contributed by atoms with Crippen molar-refractivity contribution in [3.8, 4) is 0 Å². The molecule has 1 aromatic rings. The first kappa shape index (κ1) is 12.5. The SMILES string of the molecule is COC1CNC(c2nc(C(C)(C)C)nn2C)C1. The molecule has 1 fully saturated rings. The van der Waals surface area contributed by atoms with Gasteiger partial charge in [-0.05, 0) is 6.42 Å². The lowest BCUT2D eigenvalue weighted by molar-refractivity contribution is 0.117. The summed E-state index contributed by atoms with van der Waals surface area (Å²) in [6.07, 6.45) is 1.25. The molecule has 2 heterocycles. The van der Waals surface area contributed by atoms with Crippen molar-refractivity contribution in [1.29, 1.82) is 0 Å². The zero-order chi connectivity index (χ0) is 12.6. The Balaban J connectivity index is 2.20. The van der Waals surface area contributed by atoms with Gasteiger partial charge in [0.1, 0.15) is 5.82 Å². The third-order valence-corrected chi connectivity index (χ3v) is 3.20. The van der Waals surface area contributed by atoms with E-state index in [4.69, 9.17) is 4.74 Å². The Bertz CT molecular complexity index is 394. The van der Waals surface area contributed by atoms with E-state index in [1.54, 1.807) is 7.11 Å². The maximum Gasteiger partial charge on any atom is 0.156 e. The van der Waals surface area contributed by atoms with Crippen molar-refractivity contribution >= 4 is 0 Å². The number of hydrogen-bond acceptors (Lipinski definition) is 4. The Labute approximate surface area is 103 Å². The molecule has 1 N–H and O–H groups in total. The molecule has 0 bridgehead atoms. The molecule has 0 spiro atoms. The van der Waals surface area contributed by atoms with Gasteiger partial charge in [0, 0.05) is 26.1 Å². The second kappa shape index (κ2) is 4.38. The highest BCUT2D eigenvalue weighted by molar-refractivity contribution is 5.08. The molecule has 0 radical (unpaired) electrons. The average Bonchev–Trinajstić information content (AvgIpc) is 2.82. The number of methoxy groups -OCH3 is 1. The van der Waals surface area contributed by atoms with Crippen LogP contribution in [0.2, 0.25) is 0 Å². The van der Waals surface area contributed by atoms with Gasteiger partial charge in [0.05, 0.1) is 12.1 Å². The van der Waals surface area contributed by atoms with E-state index in [-0.39, 0.29) is 17.6 Å². The molecule has 96 valence electrons. The Kier molecular flexibility index (Phi) is 3.23. The molecule has 0 saturated carbocycles. The standard InChI is InChI=1S/C12H22N4O/c1-12(2,3)11-14-10(16(4)15-11)9-6-8(17-5)7-13-9/h8-9,13H,6-7H2,1-5H3. The smallest absolute Gasteiger partial charge is 0.156 e. The van der Waals surface area contributed by atoms with E-state index in [1.165, 1.54) is 0 Å². The molecular formula is C12H22N4O. The predicted molar refractivity (Wildman–Crippen MR) is 65.9 cm³/mol. The van der Waals surface area contributed by atoms with Gasteiger partial charge in [-0.3, -0.25) is 4.68 Å². The molecule has 2 unspecified atom stereocenters. The summed E-state index contributed by atoms with van der Waals surface area (Å²) in [4.78, 5) is 4.67. The van der Waals surface area contributed by atoms with E-state index in [0.29, 0.717) is 0 Å². The second-order valence-corrected chi connectivity index (χ2v) is 5.72. The number of aryl methyl sites for hydroxylation is 1. The van der Waals surface area contributed by atoms with Crippen molar-refractivity contribution in [3.63, 3.8) is 0 Å². The van der Waals surface area contributed by atoms with E-state index < -0.39 is 0 Å². The summed E-state index contributed by atoms with van der Waals surface area (Å²) in [5.41, 5.74) is -0.00469. The highest BCUT2D eigenvalue weighted by Crippen LogP contribution is 2.25. The van der Waals surface area contributed by atoms with Gasteiger partial charge in [-0.25, -0.2) is 4.98 Å². The average molecular weight is 238 g/mol. The highest BCUT2D eigenvalue weighted by Gasteiger charge is 2.30. The van der Waals surface area contributed by atoms with Crippen LogP contribution in [0.1, 0.15) is 44.9 Å². The molecule has 1 saturated heterocycles. The fourth-order valence-electron chi connectivity index (χ4n) is 2.10. The largest absolute Gasteiger partial charge is 0.380 e. The normalized spacial score (nSPS) is 25.5. The maximum atomic E-state index is 5.36. The van der Waals surface area contributed by atoms with Gasteiger partial charge in [0.25, 0.3) is 0 Å². The Morgan fingerprint density at radius 2 is 2.12 bits per heavy atom. The molecular weight excluding hydrogens is 216 g/mol. The second-order valence-electron chi connectivity index (χ2n) is 5.72. The van der Waals surface area contributed by atoms with E-state index >= 15 is 0 Å². The topological polar surface area (TPSA) is 52.0 Å². The molecule has 0 amide bonds. The lowest BCUT2D eigenvalue weighted by Gasteiger charge is -2.12. The summed E-state index contributed by atoms with van der Waals surface area (Å²) in [6, 6.07) is 0.258. The third kappa shape index (κ3) is 2.50. The maximum absolute atomic E-state index is 5.36. The molecule has 0 aliphatic carbocycles. The number of hydrogen-bond donors (Lipinski definition) is 1. The van der Waals surface area contributed by atoms with Crippen molar-refractivity contribution < 1.29 is 4.74 Å². The highest BCUT2D eigenvalue weighted by atomic mass is 16.5. The molecule has 17 heavy (non-hydrogen) atoms. The Morgan fingerprint density at radius 3 is 2.59 bits per heavy atom. The molecule has 2 rings (SSSR count). The van der Waals surface area contributed by atoms with Crippen LogP contribution < -0.4 is 5.32 Å². The van der Waals surface area contributed by atoms with Crippen molar-refractivity contribution in [1.82, 2.24) is 20.1 Å². The monoisotopic (exact) mass is 238 g/mol. The van der Waals surface area contributed by atoms with E-state index in [1.807, 2.05) is 11.7 Å². The molecule has 1 aromatic heterocycles. The van der Waals surface area contributed by atoms with Crippen LogP contribution in [0.4, 0.5) is 0 Å². The summed E-state index contributed by atoms with van der Waals surface area (Å²) >= 11 is 0. The number of nitrogens with one attached hydrogen (secondary N) is 1. The molecule has 2 atom stereocenters. The number of aromatic nitrogens is 3. The third-order valence-electron chi connectivity index (χ3n) is 3.20. The van der Waals surface area contributed by atoms with Gasteiger partial charge in [0.2, 0.25) is 0 Å². The zero-order valence-electron chi connectivity index (χ0n) is 11.3. The van der Waals surface area contributed by atoms with Gasteiger partial charge in [-0.15, -0.1) is 0 Å². The summed E-state index contributed by atoms with van der Waals surface area (Å²) < 4.78 is 7.24. The Morgan fingerprint density at radius 1 is 1.41 bits per heavy atom. The minimum atomic E-state index is -0.00469. The van der Waals surface area contributed by atoms with Crippen LogP contribution in [0.15, 0.2) is 0 Å². The van der Waals surface area contributed by atoms with Gasteiger partial charge < -0.3 is 10.1 Å². The van der Waals surface area contributed by atoms with Crippen LogP contribution in [0.5, 0.6) is 0 Å². The summed E-state index contributed by atoms with van der Waals surface area (Å²) in [5, 5.41) is 7.93. The first-order valence-electron chi connectivity index (χ1n) is 6.09. The minimum absolute atomic E-state index is 0.00469. The molecule has 5 heteroatoms. The van der Waals surface area contributed by atoms with Crippen LogP contribution in [-0.4, -0.2) is 34.5 Å². The van der Waals surface area contributed by atoms with Crippen LogP contribution >= 0.6 is 0 Å². The van der Waals surface area contributed by atoms with Gasteiger partial charge in [0.15, 0.2) is 5.82 Å². The van der Waals surface area contributed by atoms with Crippen LogP contribution in [0, 0.1) is 0 Å². The molecule has 5 nitrogen and oxygen atoms in total. The molecule has 1 aliphatic heterocycles. The quantitative estimate of drug-likeness (QED) is 0.840. The van der Waals surface area contributed by atoms with Crippen molar-refractivity contribution in [3.05, 3.63) is 11.6 Å². The van der Waals surface area contributed by atoms with Gasteiger partial charge in [-0.2, -0.15) is 5.10 Å². The summed E-state index contributed by atoms with van der Waals surface area (Å²) in [7, 11) is 3.71. The first-order valence-corrected chi connectivity index (χ1v) is 6.09. The predicted octanol–water partition coefficient (Wildman–Crippen LogP) is 1.16. The summed E-state index contributed by atoms with van der Waals surface area (Å²) in [6.45, 7) is 7.28. The fraction of sp³-hybridized carbons (Fsp3) is 0.833. The molecule has 1 aliphatic rings. The zero-order valence-corrected chi connectivity index (χ0v) is 11.3. The summed E-state index contributed by atoms with van der Waals surface area (Å²) in [5.74, 6) is 1.91. The number of ether oxygens (including phenoxy) is 1. The lowest BCUT2D eigenvalue weighted by Crippen LogP contribution is -2.18. The fourth-order valence-corrected chi connectivity index (χ4v) is 2.10. The van der Waals surface area contributed by atoms with Crippen molar-refractivity contribution in [2.45, 2.75) is 44.8 Å². The van der Waals surface area contributed by atoms with E-state index in [0.717, 1.165) is 24.6 Å². The van der Waals surface area contributed by atoms with E-state index in [9.17, 15) is 0 Å². The Hall–Kier alpha value is -0.940. The van der Waals surface area contributed by atoms with Gasteiger partial charge >= 0.3 is 0 Å². The van der Waals surface area contributed by atoms with E-state index in [2.05, 4.69) is 36.2 Å². The van der Waals surface area contributed by atoms with Crippen LogP contribution in [0.3, 0.4) is 0 Å². The first-order chi connectivity index (χ1) is 7.91. The van der Waals surface area contributed by atoms with Crippen molar-refractivity contribution in [2.24, 2.45) is 7.05 Å². The number of nitrogens with zero attached hydrogens (tertiary/aromatic N) is 3. The van der Waals surface area contributed by atoms with Crippen LogP contribution in [0.25, 0.3) is 0 Å². The lowest BCUT2D eigenvalue weighted by atomic mass is 9.96. The van der Waals surface area contributed by atoms with Gasteiger partial charge in [-0.1, -0.05) is 20.8 Å². The molecule has 0 aromatic carbocycles.